The second-order valence-electron chi connectivity index (χ2n) is 11.1. The van der Waals surface area contributed by atoms with Crippen LogP contribution in [0.15, 0.2) is 47.8 Å². The van der Waals surface area contributed by atoms with Crippen molar-refractivity contribution in [3.8, 4) is 0 Å². The molecule has 0 amide bonds. The number of aliphatic hydroxyl groups excluding tert-OH is 2. The monoisotopic (exact) mass is 694 g/mol. The molecule has 0 aromatic rings. The van der Waals surface area contributed by atoms with Crippen molar-refractivity contribution in [1.82, 2.24) is 20.4 Å². The number of unbranched alkanes of at least 4 members (excludes halogenated alkanes) is 4. The Labute approximate surface area is 313 Å². The molecule has 0 fully saturated rings. The summed E-state index contributed by atoms with van der Waals surface area (Å²) in [4.78, 5) is 24.9. The summed E-state index contributed by atoms with van der Waals surface area (Å²) in [7, 11) is 0. The predicted octanol–water partition coefficient (Wildman–Crippen LogP) is 4.29. The first-order chi connectivity index (χ1) is 22.0. The molecule has 0 aliphatic heterocycles. The van der Waals surface area contributed by atoms with E-state index < -0.39 is 11.9 Å². The smallest absolute Gasteiger partial charge is 0.874 e. The zero-order valence-electron chi connectivity index (χ0n) is 29.5. The molecule has 0 saturated heterocycles. The molecule has 0 spiro atoms. The molecule has 0 aromatic carbocycles. The molecule has 0 radical (unpaired) electrons. The first-order valence-electron chi connectivity index (χ1n) is 16.9. The predicted molar refractivity (Wildman–Crippen MR) is 185 cm³/mol. The molecule has 0 bridgehead atoms. The number of aliphatic carboxylic acids is 2. The summed E-state index contributed by atoms with van der Waals surface area (Å²) in [6.07, 6.45) is 16.0. The Morgan fingerprint density at radius 3 is 1.43 bits per heavy atom. The number of hydrogen-bond acceptors (Lipinski definition) is 10. The van der Waals surface area contributed by atoms with Crippen LogP contribution in [0, 0.1) is 0 Å². The van der Waals surface area contributed by atoms with E-state index in [1.807, 2.05) is 13.8 Å². The van der Waals surface area contributed by atoms with Crippen LogP contribution < -0.4 is 20.8 Å². The molecule has 0 rings (SSSR count). The number of nitrogens with zero attached hydrogens (tertiary/aromatic N) is 2. The van der Waals surface area contributed by atoms with Gasteiger partial charge in [0.05, 0.1) is 12.8 Å². The minimum Gasteiger partial charge on any atom is -0.874 e. The van der Waals surface area contributed by atoms with Gasteiger partial charge in [-0.2, -0.15) is 0 Å². The van der Waals surface area contributed by atoms with Crippen LogP contribution in [0.4, 0.5) is 0 Å². The number of carboxylic acid groups (broad SMARTS) is 2. The zero-order valence-corrected chi connectivity index (χ0v) is 31.7. The van der Waals surface area contributed by atoms with Gasteiger partial charge in [-0.25, -0.2) is 0 Å². The topological polar surface area (TPSA) is 192 Å². The van der Waals surface area contributed by atoms with Crippen molar-refractivity contribution in [1.29, 1.82) is 0 Å². The summed E-state index contributed by atoms with van der Waals surface area (Å²) in [6.45, 7) is 10.9. The van der Waals surface area contributed by atoms with Gasteiger partial charge in [0.1, 0.15) is 11.5 Å². The number of carboxylic acids is 2. The van der Waals surface area contributed by atoms with Crippen LogP contribution in [0.25, 0.3) is 0 Å². The van der Waals surface area contributed by atoms with Gasteiger partial charge in [0.2, 0.25) is 0 Å². The molecule has 0 aromatic heterocycles. The van der Waals surface area contributed by atoms with Gasteiger partial charge in [-0.05, 0) is 38.1 Å². The molecule has 0 unspecified atom stereocenters. The number of carbonyl (C=O) groups is 2. The average Bonchev–Trinajstić information content (AvgIpc) is 3.02. The maximum absolute atomic E-state index is 11.8. The van der Waals surface area contributed by atoms with E-state index >= 15 is 0 Å². The Morgan fingerprint density at radius 2 is 0.957 bits per heavy atom. The zero-order chi connectivity index (χ0) is 35.0. The third kappa shape index (κ3) is 36.2. The Morgan fingerprint density at radius 1 is 0.553 bits per heavy atom. The molecule has 0 aliphatic rings. The van der Waals surface area contributed by atoms with Crippen LogP contribution in [0.5, 0.6) is 0 Å². The van der Waals surface area contributed by atoms with E-state index in [2.05, 4.69) is 24.5 Å². The summed E-state index contributed by atoms with van der Waals surface area (Å²) in [5.41, 5.74) is 0. The Kier molecular flexibility index (Phi) is 36.3. The van der Waals surface area contributed by atoms with Crippen molar-refractivity contribution in [2.75, 3.05) is 39.3 Å². The molecule has 0 heterocycles. The van der Waals surface area contributed by atoms with Gasteiger partial charge in [-0.15, -0.1) is 11.5 Å². The minimum absolute atomic E-state index is 0. The van der Waals surface area contributed by atoms with Gasteiger partial charge in [0.15, 0.2) is 0 Å². The van der Waals surface area contributed by atoms with Crippen LogP contribution in [0.1, 0.15) is 118 Å². The molecular weight excluding hydrogens is 632 g/mol. The summed E-state index contributed by atoms with van der Waals surface area (Å²) in [5.74, 6) is -1.07. The van der Waals surface area contributed by atoms with Crippen molar-refractivity contribution >= 4 is 49.7 Å². The average molecular weight is 695 g/mol. The van der Waals surface area contributed by atoms with Crippen molar-refractivity contribution < 1.29 is 40.2 Å². The number of nitrogens with one attached hydrogen (secondary N) is 2. The summed E-state index contributed by atoms with van der Waals surface area (Å²) >= 11 is 0. The normalized spacial score (nSPS) is 12.0. The van der Waals surface area contributed by atoms with Gasteiger partial charge >= 0.3 is 49.7 Å². The fourth-order valence-corrected chi connectivity index (χ4v) is 3.86. The van der Waals surface area contributed by atoms with E-state index in [9.17, 15) is 30.0 Å². The maximum atomic E-state index is 11.8. The van der Waals surface area contributed by atoms with Gasteiger partial charge in [0.25, 0.3) is 0 Å². The molecule has 13 heteroatoms. The third-order valence-electron chi connectivity index (χ3n) is 6.63. The quantitative estimate of drug-likeness (QED) is 0.0388. The molecule has 0 aliphatic carbocycles. The molecule has 47 heavy (non-hydrogen) atoms. The van der Waals surface area contributed by atoms with E-state index in [0.717, 1.165) is 51.4 Å². The van der Waals surface area contributed by atoms with Crippen molar-refractivity contribution in [3.63, 3.8) is 0 Å². The number of rotatable bonds is 28. The largest absolute Gasteiger partial charge is 2.00 e. The van der Waals surface area contributed by atoms with Crippen molar-refractivity contribution in [3.05, 3.63) is 47.8 Å². The molecule has 268 valence electrons. The fraction of sp³-hybridized carbons (Fsp3) is 0.706. The van der Waals surface area contributed by atoms with Gasteiger partial charge < -0.3 is 51.1 Å². The van der Waals surface area contributed by atoms with Gasteiger partial charge in [0, 0.05) is 64.5 Å². The van der Waals surface area contributed by atoms with Gasteiger partial charge in [-0.1, -0.05) is 66.2 Å². The summed E-state index contributed by atoms with van der Waals surface area (Å²) in [6, 6.07) is 0. The first kappa shape index (κ1) is 49.0. The Balaban J connectivity index is -0.000000807. The minimum atomic E-state index is -0.890. The van der Waals surface area contributed by atoms with E-state index in [0.29, 0.717) is 70.7 Å². The number of allylic oxidation sites excluding steroid dienone is 4. The second kappa shape index (κ2) is 34.9. The summed E-state index contributed by atoms with van der Waals surface area (Å²) < 4.78 is 0. The third-order valence-corrected chi connectivity index (χ3v) is 6.63. The molecule has 0 atom stereocenters. The van der Waals surface area contributed by atoms with Crippen LogP contribution in [-0.4, -0.2) is 119 Å². The van der Waals surface area contributed by atoms with Crippen LogP contribution in [0.2, 0.25) is 0 Å². The maximum Gasteiger partial charge on any atom is 2.00 e. The standard InChI is InChI=1S/2C17H32N2O4.Ca/c2*1-3-5-7-15(20)13-18-10-12-19(11-9-17(22)23)14-16(21)8-6-4-2;/h2*13-14,18,20-21H,3-12H2,1-2H3,(H,22,23);/q;;+2/p-2/b2*15-13-,16-14-;. The van der Waals surface area contributed by atoms with E-state index in [1.165, 1.54) is 12.4 Å². The van der Waals surface area contributed by atoms with E-state index in [4.69, 9.17) is 10.2 Å². The molecule has 6 N–H and O–H groups in total. The van der Waals surface area contributed by atoms with Crippen molar-refractivity contribution in [2.45, 2.75) is 118 Å². The molecule has 0 saturated carbocycles. The molecule has 12 nitrogen and oxygen atoms in total. The van der Waals surface area contributed by atoms with E-state index in [1.54, 1.807) is 22.2 Å². The second-order valence-corrected chi connectivity index (χ2v) is 11.1. The number of aliphatic hydroxyl groups is 2. The van der Waals surface area contributed by atoms with E-state index in [-0.39, 0.29) is 67.9 Å². The molecular formula is C34H62CaN4O8. The number of hydrogen-bond donors (Lipinski definition) is 6. The summed E-state index contributed by atoms with van der Waals surface area (Å²) in [5, 5.41) is 66.3. The van der Waals surface area contributed by atoms with Gasteiger partial charge in [-0.3, -0.25) is 9.59 Å². The van der Waals surface area contributed by atoms with Crippen molar-refractivity contribution in [2.24, 2.45) is 0 Å². The van der Waals surface area contributed by atoms with Crippen LogP contribution in [0.3, 0.4) is 0 Å². The Hall–Kier alpha value is -2.44. The Bertz CT molecular complexity index is 841. The van der Waals surface area contributed by atoms with Crippen LogP contribution in [-0.2, 0) is 9.59 Å². The van der Waals surface area contributed by atoms with Crippen LogP contribution >= 0.6 is 0 Å². The first-order valence-corrected chi connectivity index (χ1v) is 16.9. The SMILES string of the molecule is CCCC/C(O)=C/NCCN(/C=C(\O)CCCC)CCC(=O)O.CCCC/C([O-])=C/NCCN(/C=C(\[O-])CCCC)CCC(=O)O.[Ca+2]. The fourth-order valence-electron chi connectivity index (χ4n) is 3.86.